The van der Waals surface area contributed by atoms with Crippen molar-refractivity contribution < 1.29 is 0 Å². The molecule has 0 radical (unpaired) electrons. The maximum atomic E-state index is 3.51. The number of halogens is 1. The van der Waals surface area contributed by atoms with Crippen molar-refractivity contribution in [2.45, 2.75) is 12.8 Å². The van der Waals surface area contributed by atoms with Gasteiger partial charge in [0.1, 0.15) is 0 Å². The lowest BCUT2D eigenvalue weighted by atomic mass is 9.90. The highest BCUT2D eigenvalue weighted by atomic mass is 79.9. The van der Waals surface area contributed by atoms with Gasteiger partial charge in [-0.2, -0.15) is 0 Å². The minimum absolute atomic E-state index is 0.692. The van der Waals surface area contributed by atoms with E-state index >= 15 is 0 Å². The van der Waals surface area contributed by atoms with E-state index in [4.69, 9.17) is 0 Å². The molecule has 0 bridgehead atoms. The van der Waals surface area contributed by atoms with Gasteiger partial charge in [-0.05, 0) is 30.2 Å². The number of hydrogen-bond acceptors (Lipinski definition) is 1. The van der Waals surface area contributed by atoms with Crippen LogP contribution in [0, 0.1) is 5.92 Å². The van der Waals surface area contributed by atoms with Crippen molar-refractivity contribution in [3.63, 3.8) is 0 Å². The molecule has 1 aromatic rings. The molecular weight excluding hydrogens is 226 g/mol. The molecule has 1 aromatic carbocycles. The fraction of sp³-hybridized carbons (Fsp3) is 0.455. The third-order valence-electron chi connectivity index (χ3n) is 2.79. The van der Waals surface area contributed by atoms with Gasteiger partial charge < -0.3 is 5.32 Å². The zero-order valence-corrected chi connectivity index (χ0v) is 9.34. The first-order valence-electron chi connectivity index (χ1n) is 4.73. The lowest BCUT2D eigenvalue weighted by Gasteiger charge is -2.14. The summed E-state index contributed by atoms with van der Waals surface area (Å²) in [5, 5.41) is 3.42. The van der Waals surface area contributed by atoms with Crippen LogP contribution in [-0.4, -0.2) is 13.1 Å². The van der Waals surface area contributed by atoms with Crippen molar-refractivity contribution in [1.82, 2.24) is 5.32 Å². The van der Waals surface area contributed by atoms with Gasteiger partial charge in [0.25, 0.3) is 0 Å². The Bertz CT molecular complexity index is 298. The highest BCUT2D eigenvalue weighted by Crippen LogP contribution is 2.28. The molecule has 1 heterocycles. The Balaban J connectivity index is 2.24. The molecular formula is C11H14BrN. The molecule has 2 rings (SSSR count). The molecule has 2 atom stereocenters. The normalized spacial score (nSPS) is 27.8. The van der Waals surface area contributed by atoms with Crippen molar-refractivity contribution in [3.05, 3.63) is 34.3 Å². The van der Waals surface area contributed by atoms with Crippen LogP contribution in [0.25, 0.3) is 0 Å². The summed E-state index contributed by atoms with van der Waals surface area (Å²) in [4.78, 5) is 0. The number of rotatable bonds is 1. The van der Waals surface area contributed by atoms with E-state index in [-0.39, 0.29) is 0 Å². The Labute approximate surface area is 87.7 Å². The minimum Gasteiger partial charge on any atom is -0.316 e. The van der Waals surface area contributed by atoms with Crippen molar-refractivity contribution in [1.29, 1.82) is 0 Å². The van der Waals surface area contributed by atoms with Crippen molar-refractivity contribution in [2.75, 3.05) is 13.1 Å². The van der Waals surface area contributed by atoms with Gasteiger partial charge in [0.15, 0.2) is 0 Å². The van der Waals surface area contributed by atoms with E-state index in [1.165, 1.54) is 10.0 Å². The molecule has 0 aliphatic carbocycles. The molecule has 0 saturated carbocycles. The van der Waals surface area contributed by atoms with Crippen molar-refractivity contribution in [3.8, 4) is 0 Å². The summed E-state index contributed by atoms with van der Waals surface area (Å²) < 4.78 is 1.18. The molecule has 1 aliphatic rings. The molecule has 1 nitrogen and oxygen atoms in total. The monoisotopic (exact) mass is 239 g/mol. The standard InChI is InChI=1S/C11H14BrN/c1-8-6-13-7-11(8)9-3-2-4-10(12)5-9/h2-5,8,11,13H,6-7H2,1H3/t8-,11+/m1/s1. The van der Waals surface area contributed by atoms with E-state index < -0.39 is 0 Å². The zero-order valence-electron chi connectivity index (χ0n) is 7.76. The van der Waals surface area contributed by atoms with Gasteiger partial charge >= 0.3 is 0 Å². The smallest absolute Gasteiger partial charge is 0.0178 e. The molecule has 0 aromatic heterocycles. The average molecular weight is 240 g/mol. The first-order chi connectivity index (χ1) is 6.27. The molecule has 0 spiro atoms. The summed E-state index contributed by atoms with van der Waals surface area (Å²) in [5.41, 5.74) is 1.45. The van der Waals surface area contributed by atoms with Crippen LogP contribution in [0.2, 0.25) is 0 Å². The Hall–Kier alpha value is -0.340. The van der Waals surface area contributed by atoms with Crippen LogP contribution in [0.3, 0.4) is 0 Å². The summed E-state index contributed by atoms with van der Waals surface area (Å²) in [7, 11) is 0. The van der Waals surface area contributed by atoms with Crippen LogP contribution in [0.5, 0.6) is 0 Å². The van der Waals surface area contributed by atoms with E-state index in [1.807, 2.05) is 0 Å². The Kier molecular flexibility index (Phi) is 2.70. The maximum absolute atomic E-state index is 3.51. The molecule has 0 amide bonds. The molecule has 0 unspecified atom stereocenters. The van der Waals surface area contributed by atoms with Gasteiger partial charge in [-0.25, -0.2) is 0 Å². The van der Waals surface area contributed by atoms with Crippen molar-refractivity contribution >= 4 is 15.9 Å². The van der Waals surface area contributed by atoms with Gasteiger partial charge in [-0.15, -0.1) is 0 Å². The third kappa shape index (κ3) is 1.94. The van der Waals surface area contributed by atoms with Gasteiger partial charge in [0.05, 0.1) is 0 Å². The molecule has 1 aliphatic heterocycles. The topological polar surface area (TPSA) is 12.0 Å². The van der Waals surface area contributed by atoms with Crippen LogP contribution >= 0.6 is 15.9 Å². The molecule has 70 valence electrons. The third-order valence-corrected chi connectivity index (χ3v) is 3.29. The molecule has 1 fully saturated rings. The average Bonchev–Trinajstić information content (AvgIpc) is 2.51. The van der Waals surface area contributed by atoms with Crippen LogP contribution in [0.15, 0.2) is 28.7 Å². The second-order valence-electron chi connectivity index (χ2n) is 3.80. The summed E-state index contributed by atoms with van der Waals surface area (Å²) >= 11 is 3.51. The van der Waals surface area contributed by atoms with Crippen LogP contribution in [0.4, 0.5) is 0 Å². The van der Waals surface area contributed by atoms with Crippen LogP contribution in [0.1, 0.15) is 18.4 Å². The number of hydrogen-bond donors (Lipinski definition) is 1. The van der Waals surface area contributed by atoms with Gasteiger partial charge in [-0.1, -0.05) is 35.0 Å². The zero-order chi connectivity index (χ0) is 9.26. The second-order valence-corrected chi connectivity index (χ2v) is 4.71. The fourth-order valence-corrected chi connectivity index (χ4v) is 2.41. The lowest BCUT2D eigenvalue weighted by molar-refractivity contribution is 0.572. The molecule has 1 saturated heterocycles. The predicted molar refractivity (Wildman–Crippen MR) is 58.9 cm³/mol. The Morgan fingerprint density at radius 2 is 2.23 bits per heavy atom. The fourth-order valence-electron chi connectivity index (χ4n) is 1.99. The van der Waals surface area contributed by atoms with E-state index in [0.717, 1.165) is 19.0 Å². The molecule has 2 heteroatoms. The first kappa shape index (κ1) is 9.22. The lowest BCUT2D eigenvalue weighted by Crippen LogP contribution is -2.07. The highest BCUT2D eigenvalue weighted by Gasteiger charge is 2.24. The minimum atomic E-state index is 0.692. The van der Waals surface area contributed by atoms with Gasteiger partial charge in [0, 0.05) is 16.9 Å². The summed E-state index contributed by atoms with van der Waals surface area (Å²) in [5.74, 6) is 1.45. The second kappa shape index (κ2) is 3.81. The summed E-state index contributed by atoms with van der Waals surface area (Å²) in [6.45, 7) is 4.58. The quantitative estimate of drug-likeness (QED) is 0.795. The highest BCUT2D eigenvalue weighted by molar-refractivity contribution is 9.10. The van der Waals surface area contributed by atoms with Crippen molar-refractivity contribution in [2.24, 2.45) is 5.92 Å². The Morgan fingerprint density at radius 1 is 1.38 bits per heavy atom. The van der Waals surface area contributed by atoms with E-state index in [0.29, 0.717) is 5.92 Å². The first-order valence-corrected chi connectivity index (χ1v) is 5.53. The SMILES string of the molecule is C[C@@H]1CNC[C@@H]1c1cccc(Br)c1. The van der Waals surface area contributed by atoms with Crippen LogP contribution < -0.4 is 5.32 Å². The number of benzene rings is 1. The molecule has 1 N–H and O–H groups in total. The summed E-state index contributed by atoms with van der Waals surface area (Å²) in [6.07, 6.45) is 0. The van der Waals surface area contributed by atoms with E-state index in [9.17, 15) is 0 Å². The predicted octanol–water partition coefficient (Wildman–Crippen LogP) is 2.77. The number of nitrogens with one attached hydrogen (secondary N) is 1. The largest absolute Gasteiger partial charge is 0.316 e. The van der Waals surface area contributed by atoms with E-state index in [2.05, 4.69) is 52.4 Å². The van der Waals surface area contributed by atoms with Crippen LogP contribution in [-0.2, 0) is 0 Å². The van der Waals surface area contributed by atoms with Gasteiger partial charge in [0.2, 0.25) is 0 Å². The van der Waals surface area contributed by atoms with Gasteiger partial charge in [-0.3, -0.25) is 0 Å². The molecule has 13 heavy (non-hydrogen) atoms. The Morgan fingerprint density at radius 3 is 2.85 bits per heavy atom. The van der Waals surface area contributed by atoms with E-state index in [1.54, 1.807) is 0 Å². The summed E-state index contributed by atoms with van der Waals surface area (Å²) in [6, 6.07) is 8.65. The maximum Gasteiger partial charge on any atom is 0.0178 e.